The molecule has 2 heteroatoms. The van der Waals surface area contributed by atoms with Crippen LogP contribution < -0.4 is 5.73 Å². The number of aryl methyl sites for hydroxylation is 1. The molecule has 0 unspecified atom stereocenters. The number of hydrogen-bond acceptors (Lipinski definition) is 1. The number of hydrogen-bond donors (Lipinski definition) is 1. The van der Waals surface area contributed by atoms with Crippen LogP contribution in [0.4, 0.5) is 0 Å². The fraction of sp³-hybridized carbons (Fsp3) is 0.100. The Hall–Kier alpha value is -4.37. The second-order valence-corrected chi connectivity index (χ2v) is 14.9. The molecule has 1 nitrogen and oxygen atoms in total. The monoisotopic (exact) mass is 561 g/mol. The summed E-state index contributed by atoms with van der Waals surface area (Å²) in [6.45, 7) is 2.19. The number of benzene rings is 7. The van der Waals surface area contributed by atoms with Crippen LogP contribution >= 0.6 is 10.0 Å². The standard InChI is InChI=1S/C39H30S.CH5N/c1-25-12-10-15-27(22-25)38-31-18-6-7-19-32(31)39(30-20-11-14-26-13-4-5-16-28(26)30)35-24-37-33(23-34(35)38)29-17-8-9-21-36(29)40(37,2)3;1-2/h4-24H,1-3H3;2H2,1H3. The molecule has 7 aromatic carbocycles. The van der Waals surface area contributed by atoms with Gasteiger partial charge in [0.15, 0.2) is 0 Å². The Morgan fingerprint density at radius 2 is 1.05 bits per heavy atom. The molecule has 0 aromatic heterocycles. The van der Waals surface area contributed by atoms with Gasteiger partial charge in [0.2, 0.25) is 0 Å². The van der Waals surface area contributed by atoms with Crippen LogP contribution in [0.3, 0.4) is 0 Å². The molecule has 42 heavy (non-hydrogen) atoms. The minimum atomic E-state index is -1.14. The second-order valence-electron chi connectivity index (χ2n) is 11.4. The average molecular weight is 562 g/mol. The van der Waals surface area contributed by atoms with Crippen molar-refractivity contribution in [3.63, 3.8) is 0 Å². The smallest absolute Gasteiger partial charge is 0.00219 e. The van der Waals surface area contributed by atoms with Crippen LogP contribution in [0.1, 0.15) is 5.56 Å². The lowest BCUT2D eigenvalue weighted by Crippen LogP contribution is -1.95. The van der Waals surface area contributed by atoms with Gasteiger partial charge in [-0.2, -0.15) is 10.0 Å². The van der Waals surface area contributed by atoms with Crippen LogP contribution in [0.5, 0.6) is 0 Å². The van der Waals surface area contributed by atoms with Crippen molar-refractivity contribution in [2.45, 2.75) is 16.7 Å². The van der Waals surface area contributed by atoms with Crippen LogP contribution in [-0.2, 0) is 0 Å². The van der Waals surface area contributed by atoms with E-state index >= 15 is 0 Å². The topological polar surface area (TPSA) is 26.0 Å². The highest BCUT2D eigenvalue weighted by Gasteiger charge is 2.33. The molecule has 1 aliphatic heterocycles. The summed E-state index contributed by atoms with van der Waals surface area (Å²) in [7, 11) is 0.365. The highest BCUT2D eigenvalue weighted by Crippen LogP contribution is 2.68. The molecule has 8 rings (SSSR count). The molecule has 2 N–H and O–H groups in total. The number of rotatable bonds is 2. The first-order valence-corrected chi connectivity index (χ1v) is 17.0. The summed E-state index contributed by atoms with van der Waals surface area (Å²) in [6, 6.07) is 47.7. The minimum absolute atomic E-state index is 1.14. The Labute approximate surface area is 250 Å². The number of nitrogens with two attached hydrogens (primary N) is 1. The van der Waals surface area contributed by atoms with E-state index in [0.717, 1.165) is 0 Å². The fourth-order valence-corrected chi connectivity index (χ4v) is 9.45. The molecule has 0 bridgehead atoms. The predicted octanol–water partition coefficient (Wildman–Crippen LogP) is 10.8. The van der Waals surface area contributed by atoms with Crippen LogP contribution in [0, 0.1) is 6.92 Å². The third kappa shape index (κ3) is 3.90. The molecule has 0 fully saturated rings. The first-order chi connectivity index (χ1) is 20.5. The third-order valence-electron chi connectivity index (χ3n) is 8.77. The Morgan fingerprint density at radius 1 is 0.452 bits per heavy atom. The van der Waals surface area contributed by atoms with Crippen molar-refractivity contribution >= 4 is 42.3 Å². The lowest BCUT2D eigenvalue weighted by molar-refractivity contribution is 1.46. The van der Waals surface area contributed by atoms with E-state index in [1.54, 1.807) is 0 Å². The van der Waals surface area contributed by atoms with Crippen LogP contribution in [-0.4, -0.2) is 19.6 Å². The van der Waals surface area contributed by atoms with Crippen molar-refractivity contribution in [1.82, 2.24) is 0 Å². The maximum atomic E-state index is 4.50. The molecular formula is C40H35NS. The Bertz CT molecular complexity index is 2150. The van der Waals surface area contributed by atoms with Crippen LogP contribution in [0.2, 0.25) is 0 Å². The van der Waals surface area contributed by atoms with Gasteiger partial charge in [-0.25, -0.2) is 0 Å². The van der Waals surface area contributed by atoms with E-state index in [-0.39, 0.29) is 0 Å². The van der Waals surface area contributed by atoms with Crippen molar-refractivity contribution in [3.05, 3.63) is 133 Å². The van der Waals surface area contributed by atoms with Crippen molar-refractivity contribution in [2.24, 2.45) is 5.73 Å². The van der Waals surface area contributed by atoms with E-state index in [2.05, 4.69) is 153 Å². The molecule has 0 radical (unpaired) electrons. The van der Waals surface area contributed by atoms with E-state index in [9.17, 15) is 0 Å². The third-order valence-corrected chi connectivity index (χ3v) is 11.7. The van der Waals surface area contributed by atoms with Crippen molar-refractivity contribution in [2.75, 3.05) is 19.6 Å². The predicted molar refractivity (Wildman–Crippen MR) is 186 cm³/mol. The largest absolute Gasteiger partial charge is 0.333 e. The number of fused-ring (bicyclic) bond motifs is 6. The van der Waals surface area contributed by atoms with Gasteiger partial charge in [-0.05, 0) is 110 Å². The van der Waals surface area contributed by atoms with E-state index in [1.807, 2.05) is 0 Å². The summed E-state index contributed by atoms with van der Waals surface area (Å²) in [5.74, 6) is 0. The van der Waals surface area contributed by atoms with Gasteiger partial charge in [0.25, 0.3) is 0 Å². The molecule has 0 amide bonds. The van der Waals surface area contributed by atoms with E-state index < -0.39 is 10.0 Å². The molecule has 7 aromatic rings. The van der Waals surface area contributed by atoms with E-state index in [4.69, 9.17) is 0 Å². The Balaban J connectivity index is 0.00000141. The second kappa shape index (κ2) is 10.2. The summed E-state index contributed by atoms with van der Waals surface area (Å²) in [4.78, 5) is 2.99. The molecule has 1 heterocycles. The van der Waals surface area contributed by atoms with Gasteiger partial charge in [-0.15, -0.1) is 0 Å². The van der Waals surface area contributed by atoms with Gasteiger partial charge in [-0.3, -0.25) is 0 Å². The summed E-state index contributed by atoms with van der Waals surface area (Å²) in [6.07, 6.45) is 4.92. The zero-order chi connectivity index (χ0) is 29.0. The summed E-state index contributed by atoms with van der Waals surface area (Å²) in [5, 5.41) is 7.87. The first-order valence-electron chi connectivity index (χ1n) is 14.5. The lowest BCUT2D eigenvalue weighted by atomic mass is 9.83. The molecule has 0 aliphatic carbocycles. The zero-order valence-electron chi connectivity index (χ0n) is 24.6. The maximum Gasteiger partial charge on any atom is 0.00219 e. The van der Waals surface area contributed by atoms with Gasteiger partial charge >= 0.3 is 0 Å². The van der Waals surface area contributed by atoms with Gasteiger partial charge in [0, 0.05) is 9.79 Å². The molecule has 0 saturated heterocycles. The molecule has 1 aliphatic rings. The molecule has 206 valence electrons. The van der Waals surface area contributed by atoms with Crippen molar-refractivity contribution < 1.29 is 0 Å². The van der Waals surface area contributed by atoms with Crippen LogP contribution in [0.25, 0.3) is 65.7 Å². The lowest BCUT2D eigenvalue weighted by Gasteiger charge is -2.29. The highest BCUT2D eigenvalue weighted by molar-refractivity contribution is 8.33. The zero-order valence-corrected chi connectivity index (χ0v) is 25.4. The Morgan fingerprint density at radius 3 is 1.83 bits per heavy atom. The molecular weight excluding hydrogens is 527 g/mol. The van der Waals surface area contributed by atoms with E-state index in [0.29, 0.717) is 0 Å². The normalized spacial score (nSPS) is 13.8. The van der Waals surface area contributed by atoms with Gasteiger partial charge < -0.3 is 5.73 Å². The highest BCUT2D eigenvalue weighted by atomic mass is 32.3. The summed E-state index contributed by atoms with van der Waals surface area (Å²) < 4.78 is 0. The van der Waals surface area contributed by atoms with E-state index in [1.165, 1.54) is 88.1 Å². The SMILES string of the molecule is CN.Cc1cccc(-c2c3ccccc3c(-c3cccc4ccccc34)c3cc4c(cc23)-c2ccccc2S4(C)C)c1. The summed E-state index contributed by atoms with van der Waals surface area (Å²) >= 11 is 0. The van der Waals surface area contributed by atoms with Crippen LogP contribution in [0.15, 0.2) is 137 Å². The summed E-state index contributed by atoms with van der Waals surface area (Å²) in [5.41, 5.74) is 13.8. The average Bonchev–Trinajstić information content (AvgIpc) is 3.25. The van der Waals surface area contributed by atoms with Gasteiger partial charge in [-0.1, -0.05) is 115 Å². The maximum absolute atomic E-state index is 4.50. The first kappa shape index (κ1) is 26.5. The molecule has 0 spiro atoms. The Kier molecular flexibility index (Phi) is 6.42. The minimum Gasteiger partial charge on any atom is -0.333 e. The fourth-order valence-electron chi connectivity index (χ4n) is 6.93. The quantitative estimate of drug-likeness (QED) is 0.209. The van der Waals surface area contributed by atoms with Crippen molar-refractivity contribution in [3.8, 4) is 33.4 Å². The molecule has 0 atom stereocenters. The van der Waals surface area contributed by atoms with Crippen molar-refractivity contribution in [1.29, 1.82) is 0 Å². The molecule has 0 saturated carbocycles. The van der Waals surface area contributed by atoms with Gasteiger partial charge in [0.05, 0.1) is 0 Å². The van der Waals surface area contributed by atoms with Gasteiger partial charge in [0.1, 0.15) is 0 Å².